The smallest absolute Gasteiger partial charge is 0.0712 e. The Balaban J connectivity index is 1.62. The number of hydrogen-bond acceptors (Lipinski definition) is 4. The maximum Gasteiger partial charge on any atom is 0.0712 e. The third-order valence-corrected chi connectivity index (χ3v) is 3.88. The fourth-order valence-corrected chi connectivity index (χ4v) is 2.45. The number of ether oxygens (including phenoxy) is 1. The Kier molecular flexibility index (Phi) is 6.00. The van der Waals surface area contributed by atoms with Crippen molar-refractivity contribution in [2.45, 2.75) is 24.0 Å². The lowest BCUT2D eigenvalue weighted by Gasteiger charge is -2.23. The van der Waals surface area contributed by atoms with Crippen LogP contribution in [0.2, 0.25) is 0 Å². The summed E-state index contributed by atoms with van der Waals surface area (Å²) in [7, 11) is 0. The van der Waals surface area contributed by atoms with Crippen molar-refractivity contribution in [3.63, 3.8) is 0 Å². The lowest BCUT2D eigenvalue weighted by atomic mass is 10.2. The zero-order valence-corrected chi connectivity index (χ0v) is 11.8. The molecule has 0 saturated carbocycles. The monoisotopic (exact) mass is 266 g/mol. The van der Waals surface area contributed by atoms with Crippen LogP contribution in [-0.4, -0.2) is 38.6 Å². The molecular weight excluding hydrogens is 244 g/mol. The second-order valence-electron chi connectivity index (χ2n) is 4.51. The third-order valence-electron chi connectivity index (χ3n) is 3.14. The molecule has 1 aromatic rings. The van der Waals surface area contributed by atoms with E-state index in [0.29, 0.717) is 6.10 Å². The Morgan fingerprint density at radius 3 is 2.89 bits per heavy atom. The molecule has 0 aliphatic carbocycles. The van der Waals surface area contributed by atoms with Gasteiger partial charge in [-0.3, -0.25) is 0 Å². The van der Waals surface area contributed by atoms with Crippen molar-refractivity contribution in [3.8, 4) is 0 Å². The van der Waals surface area contributed by atoms with Crippen molar-refractivity contribution < 1.29 is 4.74 Å². The number of hydrogen-bond donors (Lipinski definition) is 2. The average Bonchev–Trinajstić information content (AvgIpc) is 2.45. The van der Waals surface area contributed by atoms with Crippen LogP contribution in [0, 0.1) is 0 Å². The highest BCUT2D eigenvalue weighted by atomic mass is 32.2. The summed E-state index contributed by atoms with van der Waals surface area (Å²) in [6.45, 7) is 4.78. The van der Waals surface area contributed by atoms with Gasteiger partial charge in [0.15, 0.2) is 0 Å². The average molecular weight is 266 g/mol. The summed E-state index contributed by atoms with van der Waals surface area (Å²) >= 11 is 1.78. The van der Waals surface area contributed by atoms with Gasteiger partial charge in [-0.1, -0.05) is 12.1 Å². The predicted molar refractivity (Wildman–Crippen MR) is 77.2 cm³/mol. The van der Waals surface area contributed by atoms with Crippen molar-refractivity contribution in [1.82, 2.24) is 10.6 Å². The van der Waals surface area contributed by atoms with Crippen LogP contribution in [0.15, 0.2) is 29.2 Å². The molecule has 1 atom stereocenters. The molecule has 1 unspecified atom stereocenters. The van der Waals surface area contributed by atoms with Crippen LogP contribution in [0.1, 0.15) is 12.0 Å². The quantitative estimate of drug-likeness (QED) is 0.608. The number of morpholine rings is 1. The van der Waals surface area contributed by atoms with Gasteiger partial charge in [-0.2, -0.15) is 0 Å². The van der Waals surface area contributed by atoms with Gasteiger partial charge in [-0.05, 0) is 36.9 Å². The minimum atomic E-state index is 0.380. The molecule has 100 valence electrons. The number of rotatable bonds is 6. The second kappa shape index (κ2) is 7.79. The van der Waals surface area contributed by atoms with Gasteiger partial charge in [-0.25, -0.2) is 0 Å². The molecule has 18 heavy (non-hydrogen) atoms. The minimum absolute atomic E-state index is 0.380. The molecule has 1 saturated heterocycles. The van der Waals surface area contributed by atoms with Gasteiger partial charge in [0, 0.05) is 24.5 Å². The predicted octanol–water partition coefficient (Wildman–Crippen LogP) is 1.88. The fourth-order valence-electron chi connectivity index (χ4n) is 2.04. The summed E-state index contributed by atoms with van der Waals surface area (Å²) in [5.41, 5.74) is 1.34. The first-order valence-electron chi connectivity index (χ1n) is 6.54. The molecule has 1 aliphatic heterocycles. The summed E-state index contributed by atoms with van der Waals surface area (Å²) in [5.74, 6) is 0. The fraction of sp³-hybridized carbons (Fsp3) is 0.571. The van der Waals surface area contributed by atoms with E-state index in [1.807, 2.05) is 0 Å². The van der Waals surface area contributed by atoms with Crippen LogP contribution < -0.4 is 10.6 Å². The van der Waals surface area contributed by atoms with Gasteiger partial charge in [0.25, 0.3) is 0 Å². The van der Waals surface area contributed by atoms with E-state index in [9.17, 15) is 0 Å². The summed E-state index contributed by atoms with van der Waals surface area (Å²) in [4.78, 5) is 1.32. The first-order chi connectivity index (χ1) is 8.88. The van der Waals surface area contributed by atoms with Gasteiger partial charge in [0.05, 0.1) is 12.7 Å². The van der Waals surface area contributed by atoms with Crippen LogP contribution in [-0.2, 0) is 11.3 Å². The van der Waals surface area contributed by atoms with E-state index in [0.717, 1.165) is 39.2 Å². The van der Waals surface area contributed by atoms with Crippen molar-refractivity contribution >= 4 is 11.8 Å². The van der Waals surface area contributed by atoms with E-state index in [2.05, 4.69) is 41.2 Å². The minimum Gasteiger partial charge on any atom is -0.376 e. The van der Waals surface area contributed by atoms with Crippen LogP contribution in [0.25, 0.3) is 0 Å². The zero-order valence-electron chi connectivity index (χ0n) is 10.9. The molecule has 1 aliphatic rings. The second-order valence-corrected chi connectivity index (χ2v) is 5.39. The topological polar surface area (TPSA) is 33.3 Å². The highest BCUT2D eigenvalue weighted by Gasteiger charge is 2.11. The van der Waals surface area contributed by atoms with E-state index in [4.69, 9.17) is 4.74 Å². The van der Waals surface area contributed by atoms with Gasteiger partial charge in [0.1, 0.15) is 0 Å². The van der Waals surface area contributed by atoms with E-state index < -0.39 is 0 Å². The summed E-state index contributed by atoms with van der Waals surface area (Å²) in [6, 6.07) is 8.74. The van der Waals surface area contributed by atoms with Crippen molar-refractivity contribution in [2.24, 2.45) is 0 Å². The standard InChI is InChI=1S/C14H22N2OS/c1-18-14-4-2-12(3-5-14)10-15-7-6-13-11-16-8-9-17-13/h2-5,13,15-16H,6-11H2,1H3. The summed E-state index contributed by atoms with van der Waals surface area (Å²) < 4.78 is 5.66. The molecule has 2 rings (SSSR count). The Hall–Kier alpha value is -0.550. The van der Waals surface area contributed by atoms with Crippen LogP contribution in [0.5, 0.6) is 0 Å². The third kappa shape index (κ3) is 4.61. The first kappa shape index (κ1) is 13.9. The Bertz CT molecular complexity index is 336. The molecule has 0 spiro atoms. The maximum absolute atomic E-state index is 5.66. The molecule has 1 heterocycles. The Morgan fingerprint density at radius 1 is 1.39 bits per heavy atom. The molecule has 0 amide bonds. The van der Waals surface area contributed by atoms with Gasteiger partial charge in [0.2, 0.25) is 0 Å². The molecule has 2 N–H and O–H groups in total. The molecule has 4 heteroatoms. The van der Waals surface area contributed by atoms with Crippen molar-refractivity contribution in [3.05, 3.63) is 29.8 Å². The van der Waals surface area contributed by atoms with E-state index in [1.54, 1.807) is 11.8 Å². The van der Waals surface area contributed by atoms with Crippen LogP contribution in [0.4, 0.5) is 0 Å². The van der Waals surface area contributed by atoms with Crippen LogP contribution in [0.3, 0.4) is 0 Å². The van der Waals surface area contributed by atoms with E-state index >= 15 is 0 Å². The maximum atomic E-state index is 5.66. The Morgan fingerprint density at radius 2 is 2.22 bits per heavy atom. The highest BCUT2D eigenvalue weighted by molar-refractivity contribution is 7.98. The normalized spacial score (nSPS) is 19.9. The number of nitrogens with one attached hydrogen (secondary N) is 2. The number of thioether (sulfide) groups is 1. The van der Waals surface area contributed by atoms with E-state index in [-0.39, 0.29) is 0 Å². The zero-order chi connectivity index (χ0) is 12.6. The number of benzene rings is 1. The highest BCUT2D eigenvalue weighted by Crippen LogP contribution is 2.14. The molecule has 3 nitrogen and oxygen atoms in total. The lowest BCUT2D eigenvalue weighted by molar-refractivity contribution is 0.0238. The molecule has 0 radical (unpaired) electrons. The molecule has 1 fully saturated rings. The first-order valence-corrected chi connectivity index (χ1v) is 7.77. The van der Waals surface area contributed by atoms with E-state index in [1.165, 1.54) is 10.5 Å². The molecular formula is C14H22N2OS. The molecule has 0 aromatic heterocycles. The lowest BCUT2D eigenvalue weighted by Crippen LogP contribution is -2.39. The van der Waals surface area contributed by atoms with Crippen molar-refractivity contribution in [2.75, 3.05) is 32.5 Å². The van der Waals surface area contributed by atoms with Gasteiger partial charge >= 0.3 is 0 Å². The van der Waals surface area contributed by atoms with Gasteiger partial charge in [-0.15, -0.1) is 11.8 Å². The largest absolute Gasteiger partial charge is 0.376 e. The summed E-state index contributed by atoms with van der Waals surface area (Å²) in [6.07, 6.45) is 3.56. The molecule has 0 bridgehead atoms. The van der Waals surface area contributed by atoms with Crippen molar-refractivity contribution in [1.29, 1.82) is 0 Å². The SMILES string of the molecule is CSc1ccc(CNCCC2CNCCO2)cc1. The van der Waals surface area contributed by atoms with Crippen LogP contribution >= 0.6 is 11.8 Å². The Labute approximate surface area is 114 Å². The summed E-state index contributed by atoms with van der Waals surface area (Å²) in [5, 5.41) is 6.82. The van der Waals surface area contributed by atoms with Gasteiger partial charge < -0.3 is 15.4 Å². The molecule has 1 aromatic carbocycles.